The molecule has 0 saturated heterocycles. The minimum atomic E-state index is 0.370. The fourth-order valence-corrected chi connectivity index (χ4v) is 1.03. The van der Waals surface area contributed by atoms with Gasteiger partial charge in [0, 0.05) is 12.6 Å². The highest BCUT2D eigenvalue weighted by Crippen LogP contribution is 1.98. The summed E-state index contributed by atoms with van der Waals surface area (Å²) in [6, 6.07) is 0.370. The highest BCUT2D eigenvalue weighted by atomic mass is 15.1. The Bertz CT molecular complexity index is 71.7. The van der Waals surface area contributed by atoms with Crippen LogP contribution in [0.5, 0.6) is 0 Å². The molecular formula is C8H20N2. The highest BCUT2D eigenvalue weighted by Gasteiger charge is 2.01. The minimum absolute atomic E-state index is 0.370. The molecule has 1 unspecified atom stereocenters. The minimum Gasteiger partial charge on any atom is -0.327 e. The first-order valence-electron chi connectivity index (χ1n) is 4.07. The molecule has 0 aliphatic heterocycles. The first-order valence-corrected chi connectivity index (χ1v) is 4.07. The van der Waals surface area contributed by atoms with E-state index in [0.717, 1.165) is 13.0 Å². The van der Waals surface area contributed by atoms with Gasteiger partial charge in [-0.25, -0.2) is 0 Å². The molecule has 2 nitrogen and oxygen atoms in total. The summed E-state index contributed by atoms with van der Waals surface area (Å²) in [5.74, 6) is 0. The summed E-state index contributed by atoms with van der Waals surface area (Å²) in [6.07, 6.45) is 3.67. The van der Waals surface area contributed by atoms with Crippen molar-refractivity contribution in [3.8, 4) is 0 Å². The third kappa shape index (κ3) is 6.05. The van der Waals surface area contributed by atoms with Crippen molar-refractivity contribution in [2.75, 3.05) is 20.6 Å². The molecule has 2 N–H and O–H groups in total. The monoisotopic (exact) mass is 144 g/mol. The van der Waals surface area contributed by atoms with E-state index in [4.69, 9.17) is 5.73 Å². The molecule has 0 bridgehead atoms. The maximum absolute atomic E-state index is 5.82. The van der Waals surface area contributed by atoms with E-state index in [1.807, 2.05) is 0 Å². The lowest BCUT2D eigenvalue weighted by Crippen LogP contribution is -2.32. The Morgan fingerprint density at radius 3 is 2.40 bits per heavy atom. The largest absolute Gasteiger partial charge is 0.327 e. The Balaban J connectivity index is 3.16. The number of nitrogens with zero attached hydrogens (tertiary/aromatic N) is 1. The lowest BCUT2D eigenvalue weighted by molar-refractivity contribution is 0.359. The van der Waals surface area contributed by atoms with Crippen LogP contribution in [0.4, 0.5) is 0 Å². The van der Waals surface area contributed by atoms with E-state index in [9.17, 15) is 0 Å². The van der Waals surface area contributed by atoms with Gasteiger partial charge < -0.3 is 10.6 Å². The van der Waals surface area contributed by atoms with Crippen LogP contribution < -0.4 is 5.73 Å². The lowest BCUT2D eigenvalue weighted by Gasteiger charge is -2.15. The van der Waals surface area contributed by atoms with E-state index in [2.05, 4.69) is 25.9 Å². The summed E-state index contributed by atoms with van der Waals surface area (Å²) in [7, 11) is 4.12. The Labute approximate surface area is 64.4 Å². The van der Waals surface area contributed by atoms with Crippen LogP contribution in [0, 0.1) is 0 Å². The van der Waals surface area contributed by atoms with Crippen LogP contribution in [0.2, 0.25) is 0 Å². The molecule has 0 amide bonds. The van der Waals surface area contributed by atoms with Crippen molar-refractivity contribution in [3.05, 3.63) is 0 Å². The first-order chi connectivity index (χ1) is 4.66. The molecule has 0 spiro atoms. The van der Waals surface area contributed by atoms with E-state index in [1.54, 1.807) is 0 Å². The Morgan fingerprint density at radius 1 is 1.40 bits per heavy atom. The molecule has 1 atom stereocenters. The number of likely N-dealkylation sites (N-methyl/N-ethyl adjacent to an activating group) is 1. The fraction of sp³-hybridized carbons (Fsp3) is 1.00. The molecule has 2 heteroatoms. The molecule has 0 aromatic heterocycles. The Kier molecular flexibility index (Phi) is 5.64. The summed E-state index contributed by atoms with van der Waals surface area (Å²) >= 11 is 0. The van der Waals surface area contributed by atoms with Gasteiger partial charge in [0.25, 0.3) is 0 Å². The van der Waals surface area contributed by atoms with Crippen molar-refractivity contribution in [3.63, 3.8) is 0 Å². The van der Waals surface area contributed by atoms with Gasteiger partial charge in [0.05, 0.1) is 0 Å². The fourth-order valence-electron chi connectivity index (χ4n) is 1.03. The van der Waals surface area contributed by atoms with Gasteiger partial charge in [-0.05, 0) is 20.5 Å². The molecule has 0 heterocycles. The van der Waals surface area contributed by atoms with Crippen molar-refractivity contribution in [2.24, 2.45) is 5.73 Å². The number of hydrogen-bond donors (Lipinski definition) is 1. The molecule has 0 fully saturated rings. The van der Waals surface area contributed by atoms with Crippen molar-refractivity contribution in [2.45, 2.75) is 32.2 Å². The summed E-state index contributed by atoms with van der Waals surface area (Å²) in [4.78, 5) is 2.14. The third-order valence-corrected chi connectivity index (χ3v) is 1.53. The molecule has 0 aliphatic carbocycles. The molecule has 62 valence electrons. The summed E-state index contributed by atoms with van der Waals surface area (Å²) in [6.45, 7) is 3.21. The Hall–Kier alpha value is -0.0800. The summed E-state index contributed by atoms with van der Waals surface area (Å²) in [5, 5.41) is 0. The van der Waals surface area contributed by atoms with Crippen molar-refractivity contribution < 1.29 is 0 Å². The lowest BCUT2D eigenvalue weighted by atomic mass is 10.1. The average Bonchev–Trinajstić information content (AvgIpc) is 1.82. The Morgan fingerprint density at radius 2 is 2.00 bits per heavy atom. The van der Waals surface area contributed by atoms with Crippen LogP contribution in [0.15, 0.2) is 0 Å². The molecule has 0 saturated carbocycles. The molecular weight excluding hydrogens is 124 g/mol. The van der Waals surface area contributed by atoms with Crippen molar-refractivity contribution >= 4 is 0 Å². The van der Waals surface area contributed by atoms with Gasteiger partial charge >= 0.3 is 0 Å². The van der Waals surface area contributed by atoms with E-state index in [-0.39, 0.29) is 0 Å². The van der Waals surface area contributed by atoms with E-state index in [0.29, 0.717) is 6.04 Å². The predicted molar refractivity (Wildman–Crippen MR) is 46.1 cm³/mol. The van der Waals surface area contributed by atoms with Gasteiger partial charge in [-0.1, -0.05) is 19.8 Å². The number of unbranched alkanes of at least 4 members (excludes halogenated alkanes) is 1. The van der Waals surface area contributed by atoms with E-state index < -0.39 is 0 Å². The third-order valence-electron chi connectivity index (χ3n) is 1.53. The zero-order valence-corrected chi connectivity index (χ0v) is 7.43. The number of nitrogens with two attached hydrogens (primary N) is 1. The van der Waals surface area contributed by atoms with Crippen molar-refractivity contribution in [1.82, 2.24) is 4.90 Å². The highest BCUT2D eigenvalue weighted by molar-refractivity contribution is 4.63. The van der Waals surface area contributed by atoms with Crippen LogP contribution in [-0.2, 0) is 0 Å². The first kappa shape index (κ1) is 9.92. The maximum atomic E-state index is 5.82. The summed E-state index contributed by atoms with van der Waals surface area (Å²) < 4.78 is 0. The summed E-state index contributed by atoms with van der Waals surface area (Å²) in [5.41, 5.74) is 5.82. The normalized spacial score (nSPS) is 14.1. The van der Waals surface area contributed by atoms with Crippen molar-refractivity contribution in [1.29, 1.82) is 0 Å². The van der Waals surface area contributed by atoms with Gasteiger partial charge in [-0.2, -0.15) is 0 Å². The second-order valence-corrected chi connectivity index (χ2v) is 3.16. The van der Waals surface area contributed by atoms with Gasteiger partial charge in [0.15, 0.2) is 0 Å². The molecule has 0 aromatic carbocycles. The average molecular weight is 144 g/mol. The van der Waals surface area contributed by atoms with Crippen LogP contribution in [0.25, 0.3) is 0 Å². The zero-order valence-electron chi connectivity index (χ0n) is 7.43. The predicted octanol–water partition coefficient (Wildman–Crippen LogP) is 1.07. The maximum Gasteiger partial charge on any atom is 0.0167 e. The second kappa shape index (κ2) is 5.69. The van der Waals surface area contributed by atoms with E-state index >= 15 is 0 Å². The standard InChI is InChI=1S/C8H20N2/c1-4-5-6-8(9)7-10(2)3/h8H,4-7,9H2,1-3H3. The molecule has 0 rings (SSSR count). The molecule has 0 aliphatic rings. The smallest absolute Gasteiger partial charge is 0.0167 e. The second-order valence-electron chi connectivity index (χ2n) is 3.16. The number of rotatable bonds is 5. The number of hydrogen-bond acceptors (Lipinski definition) is 2. The van der Waals surface area contributed by atoms with Crippen LogP contribution >= 0.6 is 0 Å². The van der Waals surface area contributed by atoms with Crippen LogP contribution in [0.1, 0.15) is 26.2 Å². The van der Waals surface area contributed by atoms with Gasteiger partial charge in [-0.3, -0.25) is 0 Å². The van der Waals surface area contributed by atoms with Crippen LogP contribution in [0.3, 0.4) is 0 Å². The zero-order chi connectivity index (χ0) is 7.98. The molecule has 0 aromatic rings. The van der Waals surface area contributed by atoms with Gasteiger partial charge in [0.2, 0.25) is 0 Å². The SMILES string of the molecule is CCCCC(N)CN(C)C. The van der Waals surface area contributed by atoms with Crippen LogP contribution in [-0.4, -0.2) is 31.6 Å². The quantitative estimate of drug-likeness (QED) is 0.625. The van der Waals surface area contributed by atoms with Gasteiger partial charge in [-0.15, -0.1) is 0 Å². The van der Waals surface area contributed by atoms with E-state index in [1.165, 1.54) is 12.8 Å². The topological polar surface area (TPSA) is 29.3 Å². The molecule has 0 radical (unpaired) electrons. The molecule has 10 heavy (non-hydrogen) atoms. The van der Waals surface area contributed by atoms with Gasteiger partial charge in [0.1, 0.15) is 0 Å².